The predicted molar refractivity (Wildman–Crippen MR) is 114 cm³/mol. The van der Waals surface area contributed by atoms with E-state index in [1.807, 2.05) is 18.2 Å². The Morgan fingerprint density at radius 3 is 2.21 bits per heavy atom. The molecule has 5 nitrogen and oxygen atoms in total. The molecule has 6 heteroatoms. The molecule has 0 radical (unpaired) electrons. The van der Waals surface area contributed by atoms with Crippen LogP contribution in [0.15, 0.2) is 89.4 Å². The largest absolute Gasteiger partial charge is 0.323 e. The molecule has 0 aliphatic carbocycles. The van der Waals surface area contributed by atoms with Crippen molar-refractivity contribution in [3.8, 4) is 11.1 Å². The molecule has 136 valence electrons. The van der Waals surface area contributed by atoms with E-state index in [9.17, 15) is 0 Å². The zero-order chi connectivity index (χ0) is 18.9. The van der Waals surface area contributed by atoms with Gasteiger partial charge in [-0.1, -0.05) is 87.8 Å². The monoisotopic (exact) mass is 429 g/mol. The van der Waals surface area contributed by atoms with Crippen LogP contribution in [-0.4, -0.2) is 20.2 Å². The molecule has 0 bridgehead atoms. The molecule has 0 saturated carbocycles. The van der Waals surface area contributed by atoms with Gasteiger partial charge in [0.05, 0.1) is 0 Å². The molecule has 28 heavy (non-hydrogen) atoms. The van der Waals surface area contributed by atoms with Crippen LogP contribution in [0.5, 0.6) is 0 Å². The highest BCUT2D eigenvalue weighted by atomic mass is 79.9. The Labute approximate surface area is 170 Å². The van der Waals surface area contributed by atoms with Crippen molar-refractivity contribution < 1.29 is 0 Å². The molecule has 1 aliphatic heterocycles. The number of hydrogen-bond donors (Lipinski definition) is 1. The lowest BCUT2D eigenvalue weighted by atomic mass is 9.99. The molecule has 3 aromatic carbocycles. The number of aromatic nitrogens is 4. The van der Waals surface area contributed by atoms with Gasteiger partial charge in [-0.15, -0.1) is 0 Å². The van der Waals surface area contributed by atoms with Crippen LogP contribution in [0.25, 0.3) is 16.8 Å². The van der Waals surface area contributed by atoms with Crippen LogP contribution in [0.4, 0.5) is 5.95 Å². The van der Waals surface area contributed by atoms with Crippen molar-refractivity contribution in [2.24, 2.45) is 0 Å². The van der Waals surface area contributed by atoms with E-state index in [-0.39, 0.29) is 6.04 Å². The SMILES string of the molecule is Brc1ccc(C2C=C(c3ccc(-c4ccccc4)cc3)Nc3nnnn32)cc1. The number of allylic oxidation sites excluding steroid dienone is 1. The van der Waals surface area contributed by atoms with E-state index in [2.05, 4.69) is 104 Å². The van der Waals surface area contributed by atoms with Gasteiger partial charge in [0.15, 0.2) is 0 Å². The molecule has 0 amide bonds. The highest BCUT2D eigenvalue weighted by Crippen LogP contribution is 2.32. The van der Waals surface area contributed by atoms with E-state index >= 15 is 0 Å². The van der Waals surface area contributed by atoms with Gasteiger partial charge in [0.25, 0.3) is 0 Å². The maximum Gasteiger partial charge on any atom is 0.248 e. The molecule has 1 aliphatic rings. The van der Waals surface area contributed by atoms with Crippen molar-refractivity contribution in [2.75, 3.05) is 5.32 Å². The first kappa shape index (κ1) is 16.9. The second-order valence-corrected chi connectivity index (χ2v) is 7.51. The van der Waals surface area contributed by atoms with Crippen molar-refractivity contribution in [2.45, 2.75) is 6.04 Å². The molecular weight excluding hydrogens is 414 g/mol. The Morgan fingerprint density at radius 1 is 0.786 bits per heavy atom. The number of nitrogens with one attached hydrogen (secondary N) is 1. The number of nitrogens with zero attached hydrogens (tertiary/aromatic N) is 4. The number of tetrazole rings is 1. The molecule has 0 saturated heterocycles. The molecule has 2 heterocycles. The zero-order valence-electron chi connectivity index (χ0n) is 14.8. The summed E-state index contributed by atoms with van der Waals surface area (Å²) in [6.45, 7) is 0. The van der Waals surface area contributed by atoms with Crippen molar-refractivity contribution in [1.82, 2.24) is 20.2 Å². The minimum atomic E-state index is -0.0665. The minimum Gasteiger partial charge on any atom is -0.323 e. The first-order valence-corrected chi connectivity index (χ1v) is 9.75. The fraction of sp³-hybridized carbons (Fsp3) is 0.0455. The summed E-state index contributed by atoms with van der Waals surface area (Å²) >= 11 is 3.49. The normalized spacial score (nSPS) is 15.5. The lowest BCUT2D eigenvalue weighted by Crippen LogP contribution is -2.20. The maximum atomic E-state index is 4.16. The Kier molecular flexibility index (Phi) is 4.25. The second-order valence-electron chi connectivity index (χ2n) is 6.59. The van der Waals surface area contributed by atoms with Crippen molar-refractivity contribution >= 4 is 27.6 Å². The third kappa shape index (κ3) is 3.12. The number of hydrogen-bond acceptors (Lipinski definition) is 4. The summed E-state index contributed by atoms with van der Waals surface area (Å²) in [5, 5.41) is 15.5. The van der Waals surface area contributed by atoms with Crippen LogP contribution in [0.1, 0.15) is 17.2 Å². The molecule has 1 unspecified atom stereocenters. The van der Waals surface area contributed by atoms with E-state index < -0.39 is 0 Å². The molecule has 4 aromatic rings. The van der Waals surface area contributed by atoms with Gasteiger partial charge in [-0.3, -0.25) is 0 Å². The average Bonchev–Trinajstić information content (AvgIpc) is 3.23. The van der Waals surface area contributed by atoms with Crippen molar-refractivity contribution in [1.29, 1.82) is 0 Å². The summed E-state index contributed by atoms with van der Waals surface area (Å²) in [5.74, 6) is 0.637. The fourth-order valence-electron chi connectivity index (χ4n) is 3.39. The first-order valence-electron chi connectivity index (χ1n) is 8.96. The second kappa shape index (κ2) is 7.05. The van der Waals surface area contributed by atoms with Gasteiger partial charge >= 0.3 is 0 Å². The Morgan fingerprint density at radius 2 is 1.46 bits per heavy atom. The molecule has 0 spiro atoms. The summed E-state index contributed by atoms with van der Waals surface area (Å²) in [6, 6.07) is 27.1. The predicted octanol–water partition coefficient (Wildman–Crippen LogP) is 5.16. The number of anilines is 1. The third-order valence-corrected chi connectivity index (χ3v) is 5.37. The van der Waals surface area contributed by atoms with E-state index in [0.29, 0.717) is 5.95 Å². The first-order chi connectivity index (χ1) is 13.8. The number of rotatable bonds is 3. The summed E-state index contributed by atoms with van der Waals surface area (Å²) < 4.78 is 2.84. The standard InChI is InChI=1S/C22H16BrN5/c23-19-12-10-18(11-13-19)21-14-20(24-22-25-26-27-28(21)22)17-8-6-16(7-9-17)15-4-2-1-3-5-15/h1-14,21H,(H,24,25,27). The van der Waals surface area contributed by atoms with Gasteiger partial charge in [-0.25, -0.2) is 0 Å². The Bertz CT molecular complexity index is 1130. The van der Waals surface area contributed by atoms with Crippen LogP contribution >= 0.6 is 15.9 Å². The van der Waals surface area contributed by atoms with Gasteiger partial charge < -0.3 is 5.32 Å². The van der Waals surface area contributed by atoms with E-state index in [4.69, 9.17) is 0 Å². The summed E-state index contributed by atoms with van der Waals surface area (Å²) in [6.07, 6.45) is 2.16. The summed E-state index contributed by atoms with van der Waals surface area (Å²) in [4.78, 5) is 0. The highest BCUT2D eigenvalue weighted by molar-refractivity contribution is 9.10. The van der Waals surface area contributed by atoms with Crippen LogP contribution in [0, 0.1) is 0 Å². The fourth-order valence-corrected chi connectivity index (χ4v) is 3.66. The van der Waals surface area contributed by atoms with Crippen molar-refractivity contribution in [3.63, 3.8) is 0 Å². The lowest BCUT2D eigenvalue weighted by Gasteiger charge is -2.23. The smallest absolute Gasteiger partial charge is 0.248 e. The molecule has 5 rings (SSSR count). The average molecular weight is 430 g/mol. The molecular formula is C22H16BrN5. The number of halogens is 1. The quantitative estimate of drug-likeness (QED) is 0.488. The van der Waals surface area contributed by atoms with E-state index in [0.717, 1.165) is 21.3 Å². The molecule has 1 atom stereocenters. The van der Waals surface area contributed by atoms with Gasteiger partial charge in [-0.2, -0.15) is 4.68 Å². The van der Waals surface area contributed by atoms with Crippen LogP contribution in [0.2, 0.25) is 0 Å². The zero-order valence-corrected chi connectivity index (χ0v) is 16.4. The van der Waals surface area contributed by atoms with Gasteiger partial charge in [0.2, 0.25) is 5.95 Å². The Hall–Kier alpha value is -3.25. The summed E-state index contributed by atoms with van der Waals surface area (Å²) in [5.41, 5.74) is 5.61. The molecule has 1 N–H and O–H groups in total. The van der Waals surface area contributed by atoms with Gasteiger partial charge in [-0.05, 0) is 50.9 Å². The number of benzene rings is 3. The Balaban J connectivity index is 1.52. The van der Waals surface area contributed by atoms with Crippen molar-refractivity contribution in [3.05, 3.63) is 101 Å². The van der Waals surface area contributed by atoms with E-state index in [1.165, 1.54) is 11.1 Å². The third-order valence-electron chi connectivity index (χ3n) is 4.84. The molecule has 1 aromatic heterocycles. The van der Waals surface area contributed by atoms with Gasteiger partial charge in [0, 0.05) is 10.2 Å². The highest BCUT2D eigenvalue weighted by Gasteiger charge is 2.24. The maximum absolute atomic E-state index is 4.16. The van der Waals surface area contributed by atoms with Gasteiger partial charge in [0.1, 0.15) is 6.04 Å². The van der Waals surface area contributed by atoms with E-state index in [1.54, 1.807) is 4.68 Å². The molecule has 0 fully saturated rings. The number of fused-ring (bicyclic) bond motifs is 1. The van der Waals surface area contributed by atoms with Crippen LogP contribution in [-0.2, 0) is 0 Å². The van der Waals surface area contributed by atoms with Crippen LogP contribution in [0.3, 0.4) is 0 Å². The summed E-state index contributed by atoms with van der Waals surface area (Å²) in [7, 11) is 0. The topological polar surface area (TPSA) is 55.6 Å². The minimum absolute atomic E-state index is 0.0665. The lowest BCUT2D eigenvalue weighted by molar-refractivity contribution is 0.586. The van der Waals surface area contributed by atoms with Crippen LogP contribution < -0.4 is 5.32 Å².